The largest absolute Gasteiger partial charge is 0.372 e. The molecule has 0 radical (unpaired) electrons. The molecule has 0 saturated heterocycles. The summed E-state index contributed by atoms with van der Waals surface area (Å²) in [4.78, 5) is 0. The Kier molecular flexibility index (Phi) is 4.32. The Morgan fingerprint density at radius 2 is 1.76 bits per heavy atom. The zero-order chi connectivity index (χ0) is 14.7. The highest BCUT2D eigenvalue weighted by molar-refractivity contribution is 5.39. The van der Waals surface area contributed by atoms with Crippen molar-refractivity contribution in [2.24, 2.45) is 0 Å². The summed E-state index contributed by atoms with van der Waals surface area (Å²) in [6.45, 7) is 4.47. The van der Waals surface area contributed by atoms with Gasteiger partial charge in [-0.15, -0.1) is 0 Å². The highest BCUT2D eigenvalue weighted by Crippen LogP contribution is 2.27. The van der Waals surface area contributed by atoms with Crippen LogP contribution in [0.4, 0.5) is 4.39 Å². The van der Waals surface area contributed by atoms with Crippen molar-refractivity contribution in [1.82, 2.24) is 5.32 Å². The topological polar surface area (TPSA) is 21.3 Å². The molecule has 1 heterocycles. The first-order valence-electron chi connectivity index (χ1n) is 7.46. The minimum Gasteiger partial charge on any atom is -0.372 e. The van der Waals surface area contributed by atoms with Crippen LogP contribution in [0, 0.1) is 5.82 Å². The molecule has 0 saturated carbocycles. The molecule has 1 aliphatic rings. The molecule has 0 bridgehead atoms. The minimum absolute atomic E-state index is 0.0939. The van der Waals surface area contributed by atoms with Gasteiger partial charge in [0.15, 0.2) is 0 Å². The smallest absolute Gasteiger partial charge is 0.123 e. The lowest BCUT2D eigenvalue weighted by molar-refractivity contribution is 0.134. The maximum atomic E-state index is 13.1. The summed E-state index contributed by atoms with van der Waals surface area (Å²) in [7, 11) is 0. The maximum Gasteiger partial charge on any atom is 0.123 e. The fourth-order valence-electron chi connectivity index (χ4n) is 2.74. The van der Waals surface area contributed by atoms with Crippen molar-refractivity contribution in [3.05, 3.63) is 70.5 Å². The second kappa shape index (κ2) is 6.37. The monoisotopic (exact) mass is 285 g/mol. The third-order valence-electron chi connectivity index (χ3n) is 3.88. The third-order valence-corrected chi connectivity index (χ3v) is 3.88. The molecule has 21 heavy (non-hydrogen) atoms. The standard InChI is InChI=1S/C18H20FNO/c1-2-9-20-18(13-5-7-17(19)8-6-13)14-3-4-15-11-21-12-16(15)10-14/h3-8,10,18,20H,2,9,11-12H2,1H3. The first-order valence-corrected chi connectivity index (χ1v) is 7.46. The molecular formula is C18H20FNO. The number of rotatable bonds is 5. The maximum absolute atomic E-state index is 13.1. The molecule has 1 unspecified atom stereocenters. The number of halogens is 1. The van der Waals surface area contributed by atoms with Crippen molar-refractivity contribution < 1.29 is 9.13 Å². The van der Waals surface area contributed by atoms with Crippen molar-refractivity contribution in [3.8, 4) is 0 Å². The van der Waals surface area contributed by atoms with Crippen LogP contribution in [-0.4, -0.2) is 6.54 Å². The number of ether oxygens (including phenoxy) is 1. The summed E-state index contributed by atoms with van der Waals surface area (Å²) < 4.78 is 18.6. The molecule has 1 aliphatic heterocycles. The summed E-state index contributed by atoms with van der Waals surface area (Å²) in [5.41, 5.74) is 4.83. The van der Waals surface area contributed by atoms with E-state index in [2.05, 4.69) is 30.4 Å². The van der Waals surface area contributed by atoms with Gasteiger partial charge in [-0.2, -0.15) is 0 Å². The van der Waals surface area contributed by atoms with E-state index in [4.69, 9.17) is 4.74 Å². The van der Waals surface area contributed by atoms with Gasteiger partial charge in [0, 0.05) is 0 Å². The lowest BCUT2D eigenvalue weighted by Gasteiger charge is -2.20. The van der Waals surface area contributed by atoms with E-state index in [1.54, 1.807) is 0 Å². The molecular weight excluding hydrogens is 265 g/mol. The predicted octanol–water partition coefficient (Wildman–Crippen LogP) is 3.94. The molecule has 1 N–H and O–H groups in total. The summed E-state index contributed by atoms with van der Waals surface area (Å²) in [5, 5.41) is 3.55. The zero-order valence-corrected chi connectivity index (χ0v) is 12.2. The van der Waals surface area contributed by atoms with Crippen LogP contribution in [0.25, 0.3) is 0 Å². The zero-order valence-electron chi connectivity index (χ0n) is 12.2. The van der Waals surface area contributed by atoms with Crippen LogP contribution < -0.4 is 5.32 Å². The number of hydrogen-bond acceptors (Lipinski definition) is 2. The van der Waals surface area contributed by atoms with Crippen molar-refractivity contribution in [2.45, 2.75) is 32.6 Å². The van der Waals surface area contributed by atoms with Crippen molar-refractivity contribution >= 4 is 0 Å². The van der Waals surface area contributed by atoms with E-state index >= 15 is 0 Å². The second-order valence-electron chi connectivity index (χ2n) is 5.46. The first-order chi connectivity index (χ1) is 10.3. The Labute approximate surface area is 125 Å². The number of benzene rings is 2. The van der Waals surface area contributed by atoms with Crippen molar-refractivity contribution in [2.75, 3.05) is 6.54 Å². The van der Waals surface area contributed by atoms with E-state index < -0.39 is 0 Å². The SMILES string of the molecule is CCCNC(c1ccc(F)cc1)c1ccc2c(c1)COC2. The van der Waals surface area contributed by atoms with Gasteiger partial charge in [-0.1, -0.05) is 37.3 Å². The lowest BCUT2D eigenvalue weighted by atomic mass is 9.95. The van der Waals surface area contributed by atoms with E-state index in [0.29, 0.717) is 13.2 Å². The van der Waals surface area contributed by atoms with Gasteiger partial charge in [0.05, 0.1) is 19.3 Å². The minimum atomic E-state index is -0.199. The van der Waals surface area contributed by atoms with Crippen molar-refractivity contribution in [3.63, 3.8) is 0 Å². The van der Waals surface area contributed by atoms with Gasteiger partial charge < -0.3 is 10.1 Å². The van der Waals surface area contributed by atoms with Crippen LogP contribution >= 0.6 is 0 Å². The number of fused-ring (bicyclic) bond motifs is 1. The molecule has 0 fully saturated rings. The van der Waals surface area contributed by atoms with E-state index in [1.165, 1.54) is 28.8 Å². The second-order valence-corrected chi connectivity index (χ2v) is 5.46. The quantitative estimate of drug-likeness (QED) is 0.898. The molecule has 0 aromatic heterocycles. The van der Waals surface area contributed by atoms with Gasteiger partial charge in [-0.25, -0.2) is 4.39 Å². The molecule has 2 nitrogen and oxygen atoms in total. The molecule has 3 heteroatoms. The van der Waals surface area contributed by atoms with Gasteiger partial charge in [-0.05, 0) is 47.4 Å². The van der Waals surface area contributed by atoms with Crippen molar-refractivity contribution in [1.29, 1.82) is 0 Å². The fraction of sp³-hybridized carbons (Fsp3) is 0.333. The molecule has 0 amide bonds. The average Bonchev–Trinajstić information content (AvgIpc) is 2.97. The van der Waals surface area contributed by atoms with Crippen LogP contribution in [0.15, 0.2) is 42.5 Å². The lowest BCUT2D eigenvalue weighted by Crippen LogP contribution is -2.23. The Balaban J connectivity index is 1.93. The Hall–Kier alpha value is -1.71. The Morgan fingerprint density at radius 1 is 1.05 bits per heavy atom. The van der Waals surface area contributed by atoms with E-state index in [9.17, 15) is 4.39 Å². The Bertz CT molecular complexity index is 609. The molecule has 3 rings (SSSR count). The average molecular weight is 285 g/mol. The predicted molar refractivity (Wildman–Crippen MR) is 81.5 cm³/mol. The summed E-state index contributed by atoms with van der Waals surface area (Å²) in [5.74, 6) is -0.199. The Morgan fingerprint density at radius 3 is 2.52 bits per heavy atom. The fourth-order valence-corrected chi connectivity index (χ4v) is 2.74. The number of hydrogen-bond donors (Lipinski definition) is 1. The van der Waals surface area contributed by atoms with Crippen LogP contribution in [-0.2, 0) is 18.0 Å². The van der Waals surface area contributed by atoms with Crippen LogP contribution in [0.2, 0.25) is 0 Å². The van der Waals surface area contributed by atoms with E-state index in [-0.39, 0.29) is 11.9 Å². The van der Waals surface area contributed by atoms with Gasteiger partial charge in [0.2, 0.25) is 0 Å². The molecule has 110 valence electrons. The van der Waals surface area contributed by atoms with E-state index in [0.717, 1.165) is 18.5 Å². The molecule has 1 atom stereocenters. The van der Waals surface area contributed by atoms with Gasteiger partial charge in [0.25, 0.3) is 0 Å². The normalized spacial score (nSPS) is 15.0. The summed E-state index contributed by atoms with van der Waals surface area (Å²) in [6.07, 6.45) is 1.06. The van der Waals surface area contributed by atoms with Crippen LogP contribution in [0.5, 0.6) is 0 Å². The van der Waals surface area contributed by atoms with Crippen LogP contribution in [0.1, 0.15) is 41.6 Å². The van der Waals surface area contributed by atoms with Crippen LogP contribution in [0.3, 0.4) is 0 Å². The van der Waals surface area contributed by atoms with Gasteiger partial charge in [-0.3, -0.25) is 0 Å². The molecule has 2 aromatic carbocycles. The van der Waals surface area contributed by atoms with Gasteiger partial charge in [0.1, 0.15) is 5.82 Å². The molecule has 0 spiro atoms. The first kappa shape index (κ1) is 14.2. The highest BCUT2D eigenvalue weighted by Gasteiger charge is 2.17. The third kappa shape index (κ3) is 3.14. The van der Waals surface area contributed by atoms with Gasteiger partial charge >= 0.3 is 0 Å². The summed E-state index contributed by atoms with van der Waals surface area (Å²) in [6, 6.07) is 13.3. The molecule has 0 aliphatic carbocycles. The highest BCUT2D eigenvalue weighted by atomic mass is 19.1. The molecule has 2 aromatic rings. The summed E-state index contributed by atoms with van der Waals surface area (Å²) >= 11 is 0. The van der Waals surface area contributed by atoms with E-state index in [1.807, 2.05) is 12.1 Å². The number of nitrogens with one attached hydrogen (secondary N) is 1.